The maximum atomic E-state index is 12.2. The van der Waals surface area contributed by atoms with Crippen LogP contribution in [0.5, 0.6) is 0 Å². The van der Waals surface area contributed by atoms with Gasteiger partial charge in [-0.1, -0.05) is 72.2 Å². The summed E-state index contributed by atoms with van der Waals surface area (Å²) in [5.41, 5.74) is 5.17. The van der Waals surface area contributed by atoms with Crippen LogP contribution in [0.3, 0.4) is 0 Å². The number of nitrogens with one attached hydrogen (secondary N) is 2. The number of thioether (sulfide) groups is 1. The Balaban J connectivity index is 1.59. The number of anilines is 2. The fourth-order valence-electron chi connectivity index (χ4n) is 2.45. The second-order valence-electron chi connectivity index (χ2n) is 6.03. The molecular formula is C19H19Cl2N7OS. The van der Waals surface area contributed by atoms with E-state index in [2.05, 4.69) is 26.0 Å². The minimum atomic E-state index is -0.267. The summed E-state index contributed by atoms with van der Waals surface area (Å²) < 4.78 is 1.25. The molecule has 8 nitrogen and oxygen atoms in total. The van der Waals surface area contributed by atoms with Gasteiger partial charge in [0, 0.05) is 5.02 Å². The summed E-state index contributed by atoms with van der Waals surface area (Å²) >= 11 is 13.1. The minimum Gasteiger partial charge on any atom is -0.334 e. The Morgan fingerprint density at radius 2 is 1.97 bits per heavy atom. The number of rotatable bonds is 8. The third kappa shape index (κ3) is 5.65. The van der Waals surface area contributed by atoms with Crippen molar-refractivity contribution in [2.24, 2.45) is 5.10 Å². The molecule has 0 fully saturated rings. The number of nitrogens with zero attached hydrogens (tertiary/aromatic N) is 4. The molecule has 0 saturated carbocycles. The second-order valence-corrected chi connectivity index (χ2v) is 7.81. The maximum absolute atomic E-state index is 12.2. The fourth-order valence-corrected chi connectivity index (χ4v) is 3.57. The van der Waals surface area contributed by atoms with E-state index in [4.69, 9.17) is 29.0 Å². The molecule has 0 bridgehead atoms. The molecule has 156 valence electrons. The van der Waals surface area contributed by atoms with Crippen molar-refractivity contribution in [2.75, 3.05) is 22.3 Å². The highest BCUT2D eigenvalue weighted by atomic mass is 35.5. The highest BCUT2D eigenvalue weighted by Gasteiger charge is 2.13. The SMILES string of the molecule is CC/C(=N\Nc1nnc(SCC(=O)Nc2ccc(Cl)cc2Cl)n1N)c1ccccc1. The van der Waals surface area contributed by atoms with Gasteiger partial charge in [-0.15, -0.1) is 10.2 Å². The molecule has 0 atom stereocenters. The third-order valence-electron chi connectivity index (χ3n) is 3.93. The number of amides is 1. The molecule has 0 unspecified atom stereocenters. The molecule has 0 spiro atoms. The Morgan fingerprint density at radius 1 is 1.20 bits per heavy atom. The van der Waals surface area contributed by atoms with Gasteiger partial charge < -0.3 is 11.2 Å². The molecule has 3 aromatic rings. The molecule has 2 aromatic carbocycles. The lowest BCUT2D eigenvalue weighted by Gasteiger charge is -2.07. The first kappa shape index (κ1) is 21.9. The minimum absolute atomic E-state index is 0.0712. The van der Waals surface area contributed by atoms with Gasteiger partial charge in [-0.2, -0.15) is 5.10 Å². The standard InChI is InChI=1S/C19H19Cl2N7OS/c1-2-15(12-6-4-3-5-7-12)24-25-18-26-27-19(28(18)22)30-11-17(29)23-16-9-8-13(20)10-14(16)21/h3-10H,2,11,22H2,1H3,(H,23,29)(H,25,26)/b24-15+. The first-order valence-corrected chi connectivity index (χ1v) is 10.7. The largest absolute Gasteiger partial charge is 0.334 e. The van der Waals surface area contributed by atoms with Crippen LogP contribution in [0.1, 0.15) is 18.9 Å². The summed E-state index contributed by atoms with van der Waals surface area (Å²) in [5.74, 6) is 6.09. The van der Waals surface area contributed by atoms with Crippen LogP contribution in [0.4, 0.5) is 11.6 Å². The van der Waals surface area contributed by atoms with E-state index in [9.17, 15) is 4.79 Å². The predicted octanol–water partition coefficient (Wildman–Crippen LogP) is 4.26. The molecule has 3 rings (SSSR count). The van der Waals surface area contributed by atoms with Gasteiger partial charge in [-0.05, 0) is 30.2 Å². The van der Waals surface area contributed by atoms with Gasteiger partial charge in [-0.3, -0.25) is 4.79 Å². The van der Waals surface area contributed by atoms with E-state index in [1.54, 1.807) is 18.2 Å². The predicted molar refractivity (Wildman–Crippen MR) is 123 cm³/mol. The average Bonchev–Trinajstić information content (AvgIpc) is 3.09. The number of nitrogen functional groups attached to an aromatic ring is 1. The van der Waals surface area contributed by atoms with Gasteiger partial charge in [0.2, 0.25) is 11.1 Å². The van der Waals surface area contributed by atoms with Crippen LogP contribution in [0.15, 0.2) is 58.8 Å². The van der Waals surface area contributed by atoms with Gasteiger partial charge in [0.15, 0.2) is 0 Å². The van der Waals surface area contributed by atoms with Crippen molar-refractivity contribution in [1.29, 1.82) is 0 Å². The Labute approximate surface area is 187 Å². The first-order valence-electron chi connectivity index (χ1n) is 8.94. The monoisotopic (exact) mass is 463 g/mol. The van der Waals surface area contributed by atoms with Crippen LogP contribution in [0.25, 0.3) is 0 Å². The molecule has 0 aliphatic heterocycles. The molecule has 0 aliphatic carbocycles. The van der Waals surface area contributed by atoms with Gasteiger partial charge in [0.25, 0.3) is 5.95 Å². The lowest BCUT2D eigenvalue weighted by molar-refractivity contribution is -0.113. The molecule has 1 amide bonds. The highest BCUT2D eigenvalue weighted by Crippen LogP contribution is 2.26. The van der Waals surface area contributed by atoms with E-state index in [0.29, 0.717) is 20.9 Å². The number of hydrogen-bond acceptors (Lipinski definition) is 7. The fraction of sp³-hybridized carbons (Fsp3) is 0.158. The zero-order valence-corrected chi connectivity index (χ0v) is 18.3. The van der Waals surface area contributed by atoms with Crippen LogP contribution in [-0.4, -0.2) is 32.2 Å². The van der Waals surface area contributed by atoms with Crippen molar-refractivity contribution in [1.82, 2.24) is 14.9 Å². The molecule has 11 heteroatoms. The molecular weight excluding hydrogens is 445 g/mol. The van der Waals surface area contributed by atoms with E-state index in [-0.39, 0.29) is 17.6 Å². The molecule has 0 radical (unpaired) electrons. The van der Waals surface area contributed by atoms with Gasteiger partial charge in [0.05, 0.1) is 22.2 Å². The van der Waals surface area contributed by atoms with Crippen LogP contribution < -0.4 is 16.6 Å². The Morgan fingerprint density at radius 3 is 2.67 bits per heavy atom. The van der Waals surface area contributed by atoms with Crippen molar-refractivity contribution in [2.45, 2.75) is 18.5 Å². The summed E-state index contributed by atoms with van der Waals surface area (Å²) in [6.45, 7) is 2.01. The molecule has 1 aromatic heterocycles. The number of carbonyl (C=O) groups excluding carboxylic acids is 1. The summed E-state index contributed by atoms with van der Waals surface area (Å²) in [4.78, 5) is 12.2. The zero-order valence-electron chi connectivity index (χ0n) is 16.0. The molecule has 0 aliphatic rings. The average molecular weight is 464 g/mol. The number of hydrazone groups is 1. The quantitative estimate of drug-likeness (QED) is 0.199. The number of carbonyl (C=O) groups is 1. The van der Waals surface area contributed by atoms with Crippen molar-refractivity contribution in [3.63, 3.8) is 0 Å². The zero-order chi connectivity index (χ0) is 21.5. The van der Waals surface area contributed by atoms with E-state index in [1.165, 1.54) is 4.68 Å². The van der Waals surface area contributed by atoms with E-state index in [0.717, 1.165) is 29.5 Å². The summed E-state index contributed by atoms with van der Waals surface area (Å²) in [6, 6.07) is 14.6. The van der Waals surface area contributed by atoms with Gasteiger partial charge in [-0.25, -0.2) is 10.1 Å². The number of halogens is 2. The van der Waals surface area contributed by atoms with Crippen LogP contribution in [-0.2, 0) is 4.79 Å². The molecule has 30 heavy (non-hydrogen) atoms. The molecule has 4 N–H and O–H groups in total. The van der Waals surface area contributed by atoms with E-state index in [1.807, 2.05) is 37.3 Å². The van der Waals surface area contributed by atoms with Crippen molar-refractivity contribution in [3.8, 4) is 0 Å². The second kappa shape index (κ2) is 10.3. The van der Waals surface area contributed by atoms with Crippen LogP contribution >= 0.6 is 35.0 Å². The Bertz CT molecular complexity index is 1060. The van der Waals surface area contributed by atoms with Gasteiger partial charge >= 0.3 is 0 Å². The lowest BCUT2D eigenvalue weighted by atomic mass is 10.1. The molecule has 1 heterocycles. The van der Waals surface area contributed by atoms with Crippen LogP contribution in [0.2, 0.25) is 10.0 Å². The normalized spacial score (nSPS) is 11.4. The van der Waals surface area contributed by atoms with Crippen molar-refractivity contribution < 1.29 is 4.79 Å². The Hall–Kier alpha value is -2.75. The first-order chi connectivity index (χ1) is 14.5. The van der Waals surface area contributed by atoms with E-state index >= 15 is 0 Å². The van der Waals surface area contributed by atoms with Crippen molar-refractivity contribution >= 4 is 58.2 Å². The number of hydrogen-bond donors (Lipinski definition) is 3. The summed E-state index contributed by atoms with van der Waals surface area (Å²) in [6.07, 6.45) is 0.727. The van der Waals surface area contributed by atoms with Crippen molar-refractivity contribution in [3.05, 3.63) is 64.1 Å². The summed E-state index contributed by atoms with van der Waals surface area (Å²) in [5, 5.41) is 16.3. The maximum Gasteiger partial charge on any atom is 0.264 e. The lowest BCUT2D eigenvalue weighted by Crippen LogP contribution is -2.17. The third-order valence-corrected chi connectivity index (χ3v) is 5.43. The summed E-state index contributed by atoms with van der Waals surface area (Å²) in [7, 11) is 0. The Kier molecular flexibility index (Phi) is 7.56. The topological polar surface area (TPSA) is 110 Å². The number of benzene rings is 2. The highest BCUT2D eigenvalue weighted by molar-refractivity contribution is 7.99. The van der Waals surface area contributed by atoms with Gasteiger partial charge in [0.1, 0.15) is 0 Å². The van der Waals surface area contributed by atoms with Crippen LogP contribution in [0, 0.1) is 0 Å². The number of nitrogens with two attached hydrogens (primary N) is 1. The number of aromatic nitrogens is 3. The molecule has 0 saturated heterocycles. The smallest absolute Gasteiger partial charge is 0.264 e. The van der Waals surface area contributed by atoms with E-state index < -0.39 is 0 Å².